The molecule has 302 valence electrons. The number of ether oxygens (including phenoxy) is 4. The number of carbonyl (C=O) groups is 2. The number of hydrogen-bond acceptors (Lipinski definition) is 8. The number of hydrogen-bond donors (Lipinski definition) is 1. The van der Waals surface area contributed by atoms with Crippen molar-refractivity contribution in [2.75, 3.05) is 70.9 Å². The lowest BCUT2D eigenvalue weighted by Crippen LogP contribution is -2.48. The van der Waals surface area contributed by atoms with E-state index in [-0.39, 0.29) is 41.1 Å². The molecule has 55 heavy (non-hydrogen) atoms. The van der Waals surface area contributed by atoms with E-state index in [2.05, 4.69) is 52.1 Å². The first-order valence-electron chi connectivity index (χ1n) is 19.9. The fourth-order valence-corrected chi connectivity index (χ4v) is 11.1. The van der Waals surface area contributed by atoms with Crippen LogP contribution in [0.3, 0.4) is 0 Å². The molecule has 1 spiro atoms. The molecule has 3 amide bonds. The maximum atomic E-state index is 14.7. The van der Waals surface area contributed by atoms with Crippen LogP contribution in [0.2, 0.25) is 5.02 Å². The van der Waals surface area contributed by atoms with Crippen molar-refractivity contribution in [1.82, 2.24) is 9.62 Å². The summed E-state index contributed by atoms with van der Waals surface area (Å²) in [6.45, 7) is 10.2. The summed E-state index contributed by atoms with van der Waals surface area (Å²) >= 11 is 6.48. The number of piperidine rings is 1. The van der Waals surface area contributed by atoms with Crippen molar-refractivity contribution in [3.8, 4) is 5.75 Å². The van der Waals surface area contributed by atoms with Crippen molar-refractivity contribution in [3.05, 3.63) is 70.3 Å². The van der Waals surface area contributed by atoms with Gasteiger partial charge in [-0.05, 0) is 97.7 Å². The van der Waals surface area contributed by atoms with Crippen LogP contribution in [-0.4, -0.2) is 99.2 Å². The van der Waals surface area contributed by atoms with E-state index >= 15 is 0 Å². The number of fused-ring (bicyclic) bond motifs is 3. The van der Waals surface area contributed by atoms with Gasteiger partial charge in [-0.15, -0.1) is 4.36 Å². The summed E-state index contributed by atoms with van der Waals surface area (Å²) in [5, 5.41) is 0.735. The Morgan fingerprint density at radius 2 is 1.93 bits per heavy atom. The molecule has 1 unspecified atom stereocenters. The molecule has 0 aromatic heterocycles. The van der Waals surface area contributed by atoms with E-state index in [1.54, 1.807) is 25.2 Å². The van der Waals surface area contributed by atoms with E-state index in [1.165, 1.54) is 11.1 Å². The van der Waals surface area contributed by atoms with Crippen LogP contribution in [0.4, 0.5) is 10.5 Å². The van der Waals surface area contributed by atoms with Gasteiger partial charge in [0.25, 0.3) is 5.91 Å². The van der Waals surface area contributed by atoms with Crippen molar-refractivity contribution in [3.63, 3.8) is 0 Å². The molecule has 2 aromatic rings. The summed E-state index contributed by atoms with van der Waals surface area (Å²) < 4.78 is 45.5. The van der Waals surface area contributed by atoms with Crippen LogP contribution in [0.5, 0.6) is 5.75 Å². The molecule has 1 aliphatic carbocycles. The number of aryl methyl sites for hydroxylation is 1. The predicted octanol–water partition coefficient (Wildman–Crippen LogP) is 7.45. The van der Waals surface area contributed by atoms with Crippen molar-refractivity contribution in [2.24, 2.45) is 22.1 Å². The van der Waals surface area contributed by atoms with Crippen LogP contribution in [0.1, 0.15) is 80.8 Å². The third kappa shape index (κ3) is 9.87. The summed E-state index contributed by atoms with van der Waals surface area (Å²) in [5.41, 5.74) is 3.33. The minimum Gasteiger partial charge on any atom is -0.490 e. The monoisotopic (exact) mass is 798 g/mol. The van der Waals surface area contributed by atoms with Crippen molar-refractivity contribution < 1.29 is 32.7 Å². The van der Waals surface area contributed by atoms with Gasteiger partial charge in [0.05, 0.1) is 43.5 Å². The molecule has 1 N–H and O–H groups in total. The third-order valence-electron chi connectivity index (χ3n) is 11.9. The largest absolute Gasteiger partial charge is 0.490 e. The first kappa shape index (κ1) is 41.5. The van der Waals surface area contributed by atoms with Crippen molar-refractivity contribution in [2.45, 2.75) is 83.3 Å². The summed E-state index contributed by atoms with van der Waals surface area (Å²) in [4.78, 5) is 31.8. The highest BCUT2D eigenvalue weighted by Gasteiger charge is 2.42. The standard InChI is InChI=1S/C42H59ClN4O7S/c1-6-35-30(3)25-47-27-42(18-8-10-31-23-33(43)13-14-36(31)42)28-54-39-15-12-32(24-37(39)47)40(48)44-55(50,26-29(2)9-7-11-38(35)52-5)45-41(49)46-19-16-34(17-20-46)53-22-21-51-4/h7,11-15,23-24,29-30,34-35,38H,6,8-10,16-22,25-28H2,1-5H3,(H,44,45,48,49,50)/b11-7+/t29-,30-,35+,38-,42-,55?/m0/s1. The molecule has 2 aromatic carbocycles. The second kappa shape index (κ2) is 18.4. The molecule has 0 radical (unpaired) electrons. The van der Waals surface area contributed by atoms with E-state index in [0.717, 1.165) is 36.4 Å². The number of rotatable bonds is 7. The normalized spacial score (nSPS) is 29.8. The Hall–Kier alpha value is -3.16. The Labute approximate surface area is 332 Å². The van der Waals surface area contributed by atoms with Crippen LogP contribution >= 0.6 is 11.6 Å². The topological polar surface area (TPSA) is 119 Å². The molecule has 3 heterocycles. The number of benzene rings is 2. The van der Waals surface area contributed by atoms with E-state index in [0.29, 0.717) is 76.6 Å². The van der Waals surface area contributed by atoms with Gasteiger partial charge >= 0.3 is 6.03 Å². The number of nitrogens with zero attached hydrogens (tertiary/aromatic N) is 3. The number of urea groups is 1. The predicted molar refractivity (Wildman–Crippen MR) is 218 cm³/mol. The summed E-state index contributed by atoms with van der Waals surface area (Å²) in [5.74, 6) is 0.358. The van der Waals surface area contributed by atoms with Crippen LogP contribution in [0.25, 0.3) is 0 Å². The number of nitrogens with one attached hydrogen (secondary N) is 1. The van der Waals surface area contributed by atoms with E-state index in [9.17, 15) is 13.8 Å². The van der Waals surface area contributed by atoms with E-state index in [4.69, 9.17) is 30.5 Å². The van der Waals surface area contributed by atoms with Crippen molar-refractivity contribution >= 4 is 39.1 Å². The van der Waals surface area contributed by atoms with Gasteiger partial charge in [-0.2, -0.15) is 0 Å². The van der Waals surface area contributed by atoms with Crippen LogP contribution in [0.15, 0.2) is 52.9 Å². The van der Waals surface area contributed by atoms with Gasteiger partial charge in [0, 0.05) is 56.4 Å². The Kier molecular flexibility index (Phi) is 13.9. The van der Waals surface area contributed by atoms with Gasteiger partial charge in [-0.1, -0.05) is 57.0 Å². The number of halogens is 1. The molecule has 1 fully saturated rings. The lowest BCUT2D eigenvalue weighted by Gasteiger charge is -2.42. The minimum absolute atomic E-state index is 0.0167. The number of allylic oxidation sites excluding steroid dienone is 1. The lowest BCUT2D eigenvalue weighted by molar-refractivity contribution is -0.00891. The second-order valence-electron chi connectivity index (χ2n) is 16.0. The number of amides is 3. The minimum atomic E-state index is -3.52. The summed E-state index contributed by atoms with van der Waals surface area (Å²) in [6, 6.07) is 11.1. The molecule has 13 heteroatoms. The highest BCUT2D eigenvalue weighted by Crippen LogP contribution is 2.45. The SMILES string of the molecule is CC[C@H]1[C@@H](OC)/C=C/C[C@H](C)CS(=O)(NC(=O)N2CCC(OCCOC)CC2)=NC(=O)c2ccc3c(c2)N(C[C@@H]1C)C[C@@]1(CCCc2cc(Cl)ccc21)CO3. The number of anilines is 1. The molecule has 3 aliphatic heterocycles. The molecule has 2 bridgehead atoms. The lowest BCUT2D eigenvalue weighted by atomic mass is 9.70. The number of carbonyl (C=O) groups excluding carboxylic acids is 2. The molecule has 0 saturated carbocycles. The van der Waals surface area contributed by atoms with Gasteiger partial charge in [-0.25, -0.2) is 9.00 Å². The maximum Gasteiger partial charge on any atom is 0.329 e. The third-order valence-corrected chi connectivity index (χ3v) is 14.1. The number of likely N-dealkylation sites (tertiary alicyclic amines) is 1. The first-order chi connectivity index (χ1) is 26.5. The smallest absolute Gasteiger partial charge is 0.329 e. The average molecular weight is 799 g/mol. The zero-order valence-corrected chi connectivity index (χ0v) is 34.7. The van der Waals surface area contributed by atoms with Crippen LogP contribution in [0, 0.1) is 17.8 Å². The molecule has 11 nitrogen and oxygen atoms in total. The van der Waals surface area contributed by atoms with Gasteiger partial charge < -0.3 is 28.7 Å². The quantitative estimate of drug-likeness (QED) is 0.227. The first-order valence-corrected chi connectivity index (χ1v) is 22.0. The Bertz CT molecular complexity index is 1820. The highest BCUT2D eigenvalue weighted by atomic mass is 35.5. The zero-order chi connectivity index (χ0) is 39.2. The fraction of sp³-hybridized carbons (Fsp3) is 0.619. The second-order valence-corrected chi connectivity index (χ2v) is 18.4. The molecule has 4 aliphatic rings. The van der Waals surface area contributed by atoms with Crippen molar-refractivity contribution in [1.29, 1.82) is 0 Å². The van der Waals surface area contributed by atoms with Gasteiger partial charge in [0.15, 0.2) is 0 Å². The van der Waals surface area contributed by atoms with Gasteiger partial charge in [0.1, 0.15) is 15.7 Å². The Balaban J connectivity index is 1.35. The molecular formula is C42H59ClN4O7S. The number of methoxy groups -OCH3 is 2. The molecular weight excluding hydrogens is 740 g/mol. The zero-order valence-electron chi connectivity index (χ0n) is 33.1. The summed E-state index contributed by atoms with van der Waals surface area (Å²) in [6.07, 6.45) is 9.85. The Morgan fingerprint density at radius 3 is 2.67 bits per heavy atom. The maximum absolute atomic E-state index is 14.7. The van der Waals surface area contributed by atoms with Gasteiger partial charge in [-0.3, -0.25) is 9.52 Å². The van der Waals surface area contributed by atoms with Gasteiger partial charge in [0.2, 0.25) is 0 Å². The molecule has 6 atom stereocenters. The fourth-order valence-electron chi connectivity index (χ4n) is 9.00. The van der Waals surface area contributed by atoms with Crippen LogP contribution < -0.4 is 14.4 Å². The molecule has 6 rings (SSSR count). The van der Waals surface area contributed by atoms with E-state index in [1.807, 2.05) is 25.1 Å². The highest BCUT2D eigenvalue weighted by molar-refractivity contribution is 7.92. The van der Waals surface area contributed by atoms with Crippen LogP contribution in [-0.2, 0) is 36.0 Å². The Morgan fingerprint density at radius 1 is 1.13 bits per heavy atom. The summed E-state index contributed by atoms with van der Waals surface area (Å²) in [7, 11) is -0.131. The molecule has 1 saturated heterocycles. The average Bonchev–Trinajstić information content (AvgIpc) is 3.30. The van der Waals surface area contributed by atoms with E-state index < -0.39 is 21.9 Å².